The van der Waals surface area contributed by atoms with Crippen molar-refractivity contribution in [2.75, 3.05) is 14.1 Å². The molecule has 54 valence electrons. The third-order valence-electron chi connectivity index (χ3n) is 1.24. The van der Waals surface area contributed by atoms with Crippen LogP contribution in [0.3, 0.4) is 0 Å². The zero-order chi connectivity index (χ0) is 7.28. The van der Waals surface area contributed by atoms with Crippen molar-refractivity contribution in [2.24, 2.45) is 0 Å². The summed E-state index contributed by atoms with van der Waals surface area (Å²) in [5.74, 6) is 0. The predicted molar refractivity (Wildman–Crippen MR) is 45.8 cm³/mol. The molecule has 0 bridgehead atoms. The highest BCUT2D eigenvalue weighted by Gasteiger charge is 1.95. The fraction of sp³-hybridized carbons (Fsp3) is 0.857. The van der Waals surface area contributed by atoms with Crippen LogP contribution in [-0.2, 0) is 0 Å². The summed E-state index contributed by atoms with van der Waals surface area (Å²) in [6, 6.07) is 0. The van der Waals surface area contributed by atoms with Crippen LogP contribution in [0.25, 0.3) is 0 Å². The van der Waals surface area contributed by atoms with E-state index in [1.807, 2.05) is 19.0 Å². The van der Waals surface area contributed by atoms with Gasteiger partial charge in [0.15, 0.2) is 0 Å². The Hall–Kier alpha value is -0.110. The maximum atomic E-state index is 5.07. The molecule has 9 heavy (non-hydrogen) atoms. The van der Waals surface area contributed by atoms with Crippen molar-refractivity contribution in [3.8, 4) is 0 Å². The molecule has 0 heterocycles. The van der Waals surface area contributed by atoms with Crippen LogP contribution < -0.4 is 0 Å². The van der Waals surface area contributed by atoms with Gasteiger partial charge in [-0.1, -0.05) is 25.6 Å². The molecule has 0 aromatic carbocycles. The average molecular weight is 145 g/mol. The van der Waals surface area contributed by atoms with Crippen molar-refractivity contribution in [1.29, 1.82) is 0 Å². The molecule has 0 aromatic heterocycles. The van der Waals surface area contributed by atoms with Gasteiger partial charge in [-0.2, -0.15) is 0 Å². The fourth-order valence-electron chi connectivity index (χ4n) is 0.552. The predicted octanol–water partition coefficient (Wildman–Crippen LogP) is 2.07. The van der Waals surface area contributed by atoms with E-state index in [1.54, 1.807) is 0 Å². The van der Waals surface area contributed by atoms with E-state index >= 15 is 0 Å². The van der Waals surface area contributed by atoms with E-state index in [9.17, 15) is 0 Å². The van der Waals surface area contributed by atoms with Crippen LogP contribution in [0.2, 0.25) is 0 Å². The number of nitrogens with zero attached hydrogens (tertiary/aromatic N) is 1. The van der Waals surface area contributed by atoms with Gasteiger partial charge in [0, 0.05) is 14.1 Å². The van der Waals surface area contributed by atoms with E-state index in [2.05, 4.69) is 6.92 Å². The zero-order valence-electron chi connectivity index (χ0n) is 6.48. The van der Waals surface area contributed by atoms with Gasteiger partial charge in [0.05, 0.1) is 4.99 Å². The van der Waals surface area contributed by atoms with Crippen molar-refractivity contribution in [3.63, 3.8) is 0 Å². The topological polar surface area (TPSA) is 3.24 Å². The minimum Gasteiger partial charge on any atom is -0.372 e. The van der Waals surface area contributed by atoms with Crippen molar-refractivity contribution < 1.29 is 0 Å². The summed E-state index contributed by atoms with van der Waals surface area (Å²) in [7, 11) is 4.00. The molecule has 0 aromatic rings. The van der Waals surface area contributed by atoms with Gasteiger partial charge in [-0.25, -0.2) is 0 Å². The van der Waals surface area contributed by atoms with Gasteiger partial charge < -0.3 is 4.90 Å². The second-order valence-corrected chi connectivity index (χ2v) is 2.86. The Bertz CT molecular complexity index is 88.9. The zero-order valence-corrected chi connectivity index (χ0v) is 7.29. The third kappa shape index (κ3) is 4.40. The molecule has 0 aliphatic rings. The number of rotatable bonds is 3. The Balaban J connectivity index is 3.28. The Morgan fingerprint density at radius 1 is 1.44 bits per heavy atom. The monoisotopic (exact) mass is 145 g/mol. The quantitative estimate of drug-likeness (QED) is 0.559. The fourth-order valence-corrected chi connectivity index (χ4v) is 0.696. The summed E-state index contributed by atoms with van der Waals surface area (Å²) >= 11 is 5.07. The Morgan fingerprint density at radius 3 is 2.33 bits per heavy atom. The van der Waals surface area contributed by atoms with E-state index in [4.69, 9.17) is 12.2 Å². The summed E-state index contributed by atoms with van der Waals surface area (Å²) in [6.45, 7) is 2.18. The summed E-state index contributed by atoms with van der Waals surface area (Å²) in [4.78, 5) is 3.07. The van der Waals surface area contributed by atoms with Gasteiger partial charge >= 0.3 is 0 Å². The smallest absolute Gasteiger partial charge is 0.0774 e. The largest absolute Gasteiger partial charge is 0.372 e. The van der Waals surface area contributed by atoms with Crippen LogP contribution in [0.15, 0.2) is 0 Å². The molecule has 0 saturated carbocycles. The molecule has 2 heteroatoms. The van der Waals surface area contributed by atoms with Gasteiger partial charge in [0.25, 0.3) is 0 Å². The lowest BCUT2D eigenvalue weighted by atomic mass is 10.2. The SMILES string of the molecule is CCCCC(=S)N(C)C. The molecule has 0 spiro atoms. The average Bonchev–Trinajstić information content (AvgIpc) is 1.82. The Morgan fingerprint density at radius 2 is 2.00 bits per heavy atom. The molecule has 0 unspecified atom stereocenters. The van der Waals surface area contributed by atoms with Crippen molar-refractivity contribution in [2.45, 2.75) is 26.2 Å². The molecule has 1 nitrogen and oxygen atoms in total. The highest BCUT2D eigenvalue weighted by atomic mass is 32.1. The van der Waals surface area contributed by atoms with Crippen molar-refractivity contribution in [1.82, 2.24) is 4.90 Å². The summed E-state index contributed by atoms with van der Waals surface area (Å²) in [5.41, 5.74) is 0. The Labute approximate surface area is 63.0 Å². The standard InChI is InChI=1S/C7H15NS/c1-4-5-6-7(9)8(2)3/h4-6H2,1-3H3. The summed E-state index contributed by atoms with van der Waals surface area (Å²) in [6.07, 6.45) is 3.52. The molecular weight excluding hydrogens is 130 g/mol. The summed E-state index contributed by atoms with van der Waals surface area (Å²) in [5, 5.41) is 0. The van der Waals surface area contributed by atoms with Crippen LogP contribution in [0.5, 0.6) is 0 Å². The second kappa shape index (κ2) is 4.74. The lowest BCUT2D eigenvalue weighted by Crippen LogP contribution is -2.18. The number of thiocarbonyl (C=S) groups is 1. The van der Waals surface area contributed by atoms with Gasteiger partial charge in [0.1, 0.15) is 0 Å². The van der Waals surface area contributed by atoms with E-state index < -0.39 is 0 Å². The lowest BCUT2D eigenvalue weighted by molar-refractivity contribution is 0.609. The maximum Gasteiger partial charge on any atom is 0.0774 e. The first-order chi connectivity index (χ1) is 4.18. The van der Waals surface area contributed by atoms with Gasteiger partial charge in [-0.3, -0.25) is 0 Å². The minimum absolute atomic E-state index is 1.07. The molecule has 0 atom stereocenters. The number of unbranched alkanes of at least 4 members (excludes halogenated alkanes) is 1. The first-order valence-electron chi connectivity index (χ1n) is 3.38. The van der Waals surface area contributed by atoms with Gasteiger partial charge in [-0.05, 0) is 12.8 Å². The third-order valence-corrected chi connectivity index (χ3v) is 1.81. The first kappa shape index (κ1) is 8.89. The highest BCUT2D eigenvalue weighted by molar-refractivity contribution is 7.80. The lowest BCUT2D eigenvalue weighted by Gasteiger charge is -2.12. The van der Waals surface area contributed by atoms with E-state index in [0.717, 1.165) is 11.4 Å². The van der Waals surface area contributed by atoms with Crippen molar-refractivity contribution >= 4 is 17.2 Å². The minimum atomic E-state index is 1.07. The van der Waals surface area contributed by atoms with Crippen molar-refractivity contribution in [3.05, 3.63) is 0 Å². The molecule has 0 amide bonds. The van der Waals surface area contributed by atoms with Crippen LogP contribution in [0.4, 0.5) is 0 Å². The summed E-state index contributed by atoms with van der Waals surface area (Å²) < 4.78 is 0. The van der Waals surface area contributed by atoms with Crippen LogP contribution >= 0.6 is 12.2 Å². The Kier molecular flexibility index (Phi) is 4.68. The molecule has 0 saturated heterocycles. The highest BCUT2D eigenvalue weighted by Crippen LogP contribution is 1.98. The van der Waals surface area contributed by atoms with E-state index in [1.165, 1.54) is 12.8 Å². The molecular formula is C7H15NS. The molecule has 0 aliphatic carbocycles. The number of hydrogen-bond acceptors (Lipinski definition) is 1. The molecule has 0 rings (SSSR count). The molecule has 0 aliphatic heterocycles. The van der Waals surface area contributed by atoms with E-state index in [-0.39, 0.29) is 0 Å². The molecule has 0 radical (unpaired) electrons. The first-order valence-corrected chi connectivity index (χ1v) is 3.79. The van der Waals surface area contributed by atoms with E-state index in [0.29, 0.717) is 0 Å². The maximum absolute atomic E-state index is 5.07. The van der Waals surface area contributed by atoms with Gasteiger partial charge in [0.2, 0.25) is 0 Å². The molecule has 0 fully saturated rings. The van der Waals surface area contributed by atoms with Crippen LogP contribution in [0.1, 0.15) is 26.2 Å². The van der Waals surface area contributed by atoms with Crippen LogP contribution in [-0.4, -0.2) is 24.0 Å². The second-order valence-electron chi connectivity index (χ2n) is 2.39. The van der Waals surface area contributed by atoms with Gasteiger partial charge in [-0.15, -0.1) is 0 Å². The molecule has 0 N–H and O–H groups in total. The number of hydrogen-bond donors (Lipinski definition) is 0. The normalized spacial score (nSPS) is 9.22. The van der Waals surface area contributed by atoms with Crippen LogP contribution in [0, 0.1) is 0 Å².